The molecule has 6 nitrogen and oxygen atoms in total. The Morgan fingerprint density at radius 3 is 2.60 bits per heavy atom. The summed E-state index contributed by atoms with van der Waals surface area (Å²) < 4.78 is 6.83. The van der Waals surface area contributed by atoms with Crippen molar-refractivity contribution >= 4 is 40.9 Å². The summed E-state index contributed by atoms with van der Waals surface area (Å²) in [6, 6.07) is 16.2. The number of anilines is 1. The van der Waals surface area contributed by atoms with Gasteiger partial charge in [-0.15, -0.1) is 0 Å². The van der Waals surface area contributed by atoms with Crippen LogP contribution < -0.4 is 10.1 Å². The first kappa shape index (κ1) is 21.4. The Bertz CT molecular complexity index is 1140. The van der Waals surface area contributed by atoms with Crippen LogP contribution in [0.1, 0.15) is 16.8 Å². The standard InChI is InChI=1S/C22H18Cl2N4O2/c1-14-18(21(24)28(27-14)13-15-7-9-17(23)10-8-15)11-16(12-25)22(29)26-19-5-3-4-6-20(19)30-2/h3-11H,13H2,1-2H3,(H,26,29). The molecule has 0 saturated heterocycles. The van der Waals surface area contributed by atoms with Crippen molar-refractivity contribution in [2.75, 3.05) is 12.4 Å². The second-order valence-electron chi connectivity index (χ2n) is 6.40. The average molecular weight is 441 g/mol. The smallest absolute Gasteiger partial charge is 0.266 e. The summed E-state index contributed by atoms with van der Waals surface area (Å²) >= 11 is 12.4. The van der Waals surface area contributed by atoms with Gasteiger partial charge in [-0.05, 0) is 42.8 Å². The first-order valence-electron chi connectivity index (χ1n) is 8.96. The van der Waals surface area contributed by atoms with Crippen LogP contribution in [0.2, 0.25) is 10.2 Å². The number of hydrogen-bond donors (Lipinski definition) is 1. The summed E-state index contributed by atoms with van der Waals surface area (Å²) in [7, 11) is 1.50. The first-order chi connectivity index (χ1) is 14.4. The quantitative estimate of drug-likeness (QED) is 0.426. The maximum absolute atomic E-state index is 12.6. The van der Waals surface area contributed by atoms with Crippen molar-refractivity contribution in [3.05, 3.63) is 81.1 Å². The van der Waals surface area contributed by atoms with Crippen LogP contribution in [0.4, 0.5) is 5.69 Å². The number of ether oxygens (including phenoxy) is 1. The fraction of sp³-hybridized carbons (Fsp3) is 0.136. The summed E-state index contributed by atoms with van der Waals surface area (Å²) in [5, 5.41) is 17.6. The number of rotatable bonds is 6. The molecule has 0 unspecified atom stereocenters. The molecule has 0 aliphatic heterocycles. The number of benzene rings is 2. The maximum Gasteiger partial charge on any atom is 0.266 e. The van der Waals surface area contributed by atoms with E-state index in [1.54, 1.807) is 48.0 Å². The molecule has 3 rings (SSSR count). The van der Waals surface area contributed by atoms with Gasteiger partial charge in [-0.2, -0.15) is 10.4 Å². The third-order valence-corrected chi connectivity index (χ3v) is 5.01. The van der Waals surface area contributed by atoms with E-state index in [4.69, 9.17) is 27.9 Å². The van der Waals surface area contributed by atoms with Crippen LogP contribution in [0.25, 0.3) is 6.08 Å². The zero-order chi connectivity index (χ0) is 21.7. The number of carbonyl (C=O) groups excluding carboxylic acids is 1. The maximum atomic E-state index is 12.6. The Morgan fingerprint density at radius 1 is 1.23 bits per heavy atom. The Hall–Kier alpha value is -3.27. The molecule has 1 amide bonds. The van der Waals surface area contributed by atoms with Gasteiger partial charge in [-0.3, -0.25) is 4.79 Å². The number of para-hydroxylation sites is 2. The van der Waals surface area contributed by atoms with Gasteiger partial charge in [0.15, 0.2) is 0 Å². The van der Waals surface area contributed by atoms with E-state index >= 15 is 0 Å². The van der Waals surface area contributed by atoms with E-state index in [0.717, 1.165) is 5.56 Å². The fourth-order valence-electron chi connectivity index (χ4n) is 2.83. The lowest BCUT2D eigenvalue weighted by Gasteiger charge is -2.09. The molecular weight excluding hydrogens is 423 g/mol. The number of halogens is 2. The van der Waals surface area contributed by atoms with Crippen LogP contribution in [-0.2, 0) is 11.3 Å². The minimum absolute atomic E-state index is 0.100. The highest BCUT2D eigenvalue weighted by molar-refractivity contribution is 6.31. The van der Waals surface area contributed by atoms with Crippen molar-refractivity contribution in [2.45, 2.75) is 13.5 Å². The average Bonchev–Trinajstić information content (AvgIpc) is 3.00. The SMILES string of the molecule is COc1ccccc1NC(=O)C(C#N)=Cc1c(C)nn(Cc2ccc(Cl)cc2)c1Cl. The van der Waals surface area contributed by atoms with Gasteiger partial charge in [-0.1, -0.05) is 47.5 Å². The summed E-state index contributed by atoms with van der Waals surface area (Å²) in [6.45, 7) is 2.20. The molecule has 152 valence electrons. The van der Waals surface area contributed by atoms with E-state index in [2.05, 4.69) is 10.4 Å². The number of nitrogens with one attached hydrogen (secondary N) is 1. The molecule has 8 heteroatoms. The molecular formula is C22H18Cl2N4O2. The molecule has 0 spiro atoms. The molecule has 1 aromatic heterocycles. The van der Waals surface area contributed by atoms with E-state index in [1.807, 2.05) is 18.2 Å². The van der Waals surface area contributed by atoms with Gasteiger partial charge in [-0.25, -0.2) is 4.68 Å². The number of nitriles is 1. The predicted octanol–water partition coefficient (Wildman–Crippen LogP) is 5.10. The van der Waals surface area contributed by atoms with Crippen LogP contribution in [0.5, 0.6) is 5.75 Å². The van der Waals surface area contributed by atoms with Crippen molar-refractivity contribution < 1.29 is 9.53 Å². The second kappa shape index (κ2) is 9.49. The number of hydrogen-bond acceptors (Lipinski definition) is 4. The molecule has 1 heterocycles. The predicted molar refractivity (Wildman–Crippen MR) is 118 cm³/mol. The molecule has 30 heavy (non-hydrogen) atoms. The van der Waals surface area contributed by atoms with Crippen LogP contribution >= 0.6 is 23.2 Å². The van der Waals surface area contributed by atoms with Gasteiger partial charge in [0.25, 0.3) is 5.91 Å². The Balaban J connectivity index is 1.86. The number of nitrogens with zero attached hydrogens (tertiary/aromatic N) is 3. The van der Waals surface area contributed by atoms with E-state index in [0.29, 0.717) is 39.4 Å². The van der Waals surface area contributed by atoms with Gasteiger partial charge < -0.3 is 10.1 Å². The first-order valence-corrected chi connectivity index (χ1v) is 9.72. The van der Waals surface area contributed by atoms with Crippen LogP contribution in [0, 0.1) is 18.3 Å². The number of aryl methyl sites for hydroxylation is 1. The number of methoxy groups -OCH3 is 1. The lowest BCUT2D eigenvalue weighted by atomic mass is 10.1. The summed E-state index contributed by atoms with van der Waals surface area (Å²) in [5.74, 6) is -0.0731. The molecule has 0 aliphatic rings. The lowest BCUT2D eigenvalue weighted by molar-refractivity contribution is -0.112. The molecule has 3 aromatic rings. The summed E-state index contributed by atoms with van der Waals surface area (Å²) in [6.07, 6.45) is 1.44. The van der Waals surface area contributed by atoms with E-state index in [9.17, 15) is 10.1 Å². The van der Waals surface area contributed by atoms with E-state index in [1.165, 1.54) is 13.2 Å². The van der Waals surface area contributed by atoms with Crippen molar-refractivity contribution in [1.29, 1.82) is 5.26 Å². The summed E-state index contributed by atoms with van der Waals surface area (Å²) in [4.78, 5) is 12.6. The fourth-order valence-corrected chi connectivity index (χ4v) is 3.24. The van der Waals surface area contributed by atoms with Gasteiger partial charge in [0.05, 0.1) is 25.0 Å². The minimum Gasteiger partial charge on any atom is -0.495 e. The summed E-state index contributed by atoms with van der Waals surface area (Å²) in [5.41, 5.74) is 2.45. The molecule has 2 aromatic carbocycles. The Labute approximate surface area is 184 Å². The highest BCUT2D eigenvalue weighted by atomic mass is 35.5. The van der Waals surface area contributed by atoms with Crippen molar-refractivity contribution in [2.24, 2.45) is 0 Å². The van der Waals surface area contributed by atoms with Gasteiger partial charge in [0.1, 0.15) is 22.5 Å². The highest BCUT2D eigenvalue weighted by Crippen LogP contribution is 2.26. The Kier molecular flexibility index (Phi) is 6.78. The molecule has 0 fully saturated rings. The molecule has 1 N–H and O–H groups in total. The van der Waals surface area contributed by atoms with E-state index in [-0.39, 0.29) is 5.57 Å². The zero-order valence-electron chi connectivity index (χ0n) is 16.3. The number of carbonyl (C=O) groups is 1. The van der Waals surface area contributed by atoms with Gasteiger partial charge >= 0.3 is 0 Å². The third kappa shape index (κ3) is 4.82. The molecule has 0 saturated carbocycles. The second-order valence-corrected chi connectivity index (χ2v) is 7.19. The molecule has 0 aliphatic carbocycles. The molecule has 0 bridgehead atoms. The normalized spacial score (nSPS) is 11.1. The van der Waals surface area contributed by atoms with Crippen molar-refractivity contribution in [3.63, 3.8) is 0 Å². The topological polar surface area (TPSA) is 79.9 Å². The van der Waals surface area contributed by atoms with Crippen LogP contribution in [0.3, 0.4) is 0 Å². The highest BCUT2D eigenvalue weighted by Gasteiger charge is 2.17. The molecule has 0 radical (unpaired) electrons. The lowest BCUT2D eigenvalue weighted by Crippen LogP contribution is -2.14. The molecule has 0 atom stereocenters. The van der Waals surface area contributed by atoms with Gasteiger partial charge in [0, 0.05) is 10.6 Å². The van der Waals surface area contributed by atoms with Crippen molar-refractivity contribution in [3.8, 4) is 11.8 Å². The monoisotopic (exact) mass is 440 g/mol. The largest absolute Gasteiger partial charge is 0.495 e. The minimum atomic E-state index is -0.567. The Morgan fingerprint density at radius 2 is 1.93 bits per heavy atom. The van der Waals surface area contributed by atoms with Crippen LogP contribution in [-0.4, -0.2) is 22.8 Å². The van der Waals surface area contributed by atoms with Gasteiger partial charge in [0.2, 0.25) is 0 Å². The van der Waals surface area contributed by atoms with Crippen molar-refractivity contribution in [1.82, 2.24) is 9.78 Å². The number of amides is 1. The van der Waals surface area contributed by atoms with E-state index < -0.39 is 5.91 Å². The third-order valence-electron chi connectivity index (χ3n) is 4.36. The number of aromatic nitrogens is 2. The van der Waals surface area contributed by atoms with Crippen LogP contribution in [0.15, 0.2) is 54.1 Å². The zero-order valence-corrected chi connectivity index (χ0v) is 17.8.